The molecule has 0 saturated carbocycles. The number of anilines is 1. The van der Waals surface area contributed by atoms with Crippen molar-refractivity contribution in [2.45, 2.75) is 31.2 Å². The summed E-state index contributed by atoms with van der Waals surface area (Å²) in [5.74, 6) is -0.756. The van der Waals surface area contributed by atoms with Gasteiger partial charge in [0.1, 0.15) is 10.8 Å². The first kappa shape index (κ1) is 21.0. The molecular formula is C19H19FN4O3S2. The Morgan fingerprint density at radius 2 is 1.86 bits per heavy atom. The smallest absolute Gasteiger partial charge is 0.257 e. The van der Waals surface area contributed by atoms with E-state index in [0.29, 0.717) is 16.6 Å². The Balaban J connectivity index is 1.65. The van der Waals surface area contributed by atoms with Crippen LogP contribution in [0.4, 0.5) is 9.52 Å². The number of rotatable bonds is 7. The third kappa shape index (κ3) is 5.66. The lowest BCUT2D eigenvalue weighted by Gasteiger charge is -2.09. The van der Waals surface area contributed by atoms with E-state index in [1.807, 2.05) is 0 Å². The van der Waals surface area contributed by atoms with Gasteiger partial charge in [-0.3, -0.25) is 10.1 Å². The first-order valence-corrected chi connectivity index (χ1v) is 11.0. The molecule has 10 heteroatoms. The number of aromatic nitrogens is 2. The van der Waals surface area contributed by atoms with E-state index < -0.39 is 15.9 Å². The zero-order valence-electron chi connectivity index (χ0n) is 15.7. The van der Waals surface area contributed by atoms with Crippen LogP contribution >= 0.6 is 11.3 Å². The number of sulfonamides is 1. The summed E-state index contributed by atoms with van der Waals surface area (Å²) >= 11 is 1.19. The molecule has 0 aliphatic carbocycles. The van der Waals surface area contributed by atoms with Gasteiger partial charge in [0.15, 0.2) is 0 Å². The quantitative estimate of drug-likeness (QED) is 0.595. The van der Waals surface area contributed by atoms with Crippen molar-refractivity contribution in [1.82, 2.24) is 14.9 Å². The summed E-state index contributed by atoms with van der Waals surface area (Å²) < 4.78 is 40.0. The second-order valence-corrected chi connectivity index (χ2v) is 9.34. The molecule has 0 unspecified atom stereocenters. The molecule has 0 fully saturated rings. The van der Waals surface area contributed by atoms with E-state index in [1.54, 1.807) is 26.0 Å². The number of hydrogen-bond acceptors (Lipinski definition) is 6. The molecule has 1 heterocycles. The second kappa shape index (κ2) is 8.76. The number of nitrogens with one attached hydrogen (secondary N) is 2. The minimum atomic E-state index is -3.62. The lowest BCUT2D eigenvalue weighted by molar-refractivity contribution is 0.102. The molecule has 7 nitrogen and oxygen atoms in total. The van der Waals surface area contributed by atoms with E-state index in [0.717, 1.165) is 5.56 Å². The van der Waals surface area contributed by atoms with Crippen LogP contribution in [0.1, 0.15) is 34.8 Å². The summed E-state index contributed by atoms with van der Waals surface area (Å²) in [4.78, 5) is 12.5. The first-order valence-electron chi connectivity index (χ1n) is 8.73. The number of amides is 1. The van der Waals surface area contributed by atoms with E-state index in [2.05, 4.69) is 20.2 Å². The van der Waals surface area contributed by atoms with E-state index in [4.69, 9.17) is 0 Å². The van der Waals surface area contributed by atoms with Gasteiger partial charge in [0, 0.05) is 18.0 Å². The predicted molar refractivity (Wildman–Crippen MR) is 109 cm³/mol. The molecule has 0 atom stereocenters. The van der Waals surface area contributed by atoms with Gasteiger partial charge in [-0.2, -0.15) is 0 Å². The van der Waals surface area contributed by atoms with E-state index >= 15 is 0 Å². The molecule has 2 aromatic carbocycles. The maximum Gasteiger partial charge on any atom is 0.257 e. The fourth-order valence-corrected chi connectivity index (χ4v) is 4.55. The molecule has 1 aromatic heterocycles. The molecule has 0 radical (unpaired) electrons. The van der Waals surface area contributed by atoms with Gasteiger partial charge in [-0.25, -0.2) is 17.5 Å². The second-order valence-electron chi connectivity index (χ2n) is 6.56. The zero-order chi connectivity index (χ0) is 21.0. The average molecular weight is 435 g/mol. The maximum absolute atomic E-state index is 13.3. The highest BCUT2D eigenvalue weighted by atomic mass is 32.2. The monoisotopic (exact) mass is 434 g/mol. The number of hydrogen-bond donors (Lipinski definition) is 2. The highest BCUT2D eigenvalue weighted by Gasteiger charge is 2.17. The average Bonchev–Trinajstić information content (AvgIpc) is 3.07. The van der Waals surface area contributed by atoms with Crippen LogP contribution in [0.15, 0.2) is 53.4 Å². The van der Waals surface area contributed by atoms with Gasteiger partial charge < -0.3 is 0 Å². The Morgan fingerprint density at radius 1 is 1.14 bits per heavy atom. The molecule has 152 valence electrons. The minimum absolute atomic E-state index is 0.0797. The summed E-state index contributed by atoms with van der Waals surface area (Å²) in [6.07, 6.45) is 0.403. The summed E-state index contributed by atoms with van der Waals surface area (Å²) in [6.45, 7) is 3.45. The molecule has 0 aliphatic heterocycles. The molecule has 3 rings (SSSR count). The Kier molecular flexibility index (Phi) is 6.36. The highest BCUT2D eigenvalue weighted by Crippen LogP contribution is 2.20. The molecule has 3 aromatic rings. The Morgan fingerprint density at radius 3 is 2.52 bits per heavy atom. The summed E-state index contributed by atoms with van der Waals surface area (Å²) in [7, 11) is -3.62. The third-order valence-corrected chi connectivity index (χ3v) is 6.26. The van der Waals surface area contributed by atoms with Crippen LogP contribution in [-0.4, -0.2) is 30.6 Å². The van der Waals surface area contributed by atoms with Crippen LogP contribution in [0.25, 0.3) is 0 Å². The van der Waals surface area contributed by atoms with Gasteiger partial charge in [0.25, 0.3) is 5.91 Å². The van der Waals surface area contributed by atoms with Crippen LogP contribution < -0.4 is 10.0 Å². The van der Waals surface area contributed by atoms with Crippen molar-refractivity contribution in [3.05, 3.63) is 70.5 Å². The van der Waals surface area contributed by atoms with Crippen molar-refractivity contribution in [2.75, 3.05) is 5.32 Å². The standard InChI is InChI=1S/C19H19FN4O3S2/c1-12(2)24-29(26,27)16-8-6-14(7-9-16)18(25)21-19-23-22-17(28-19)11-13-4-3-5-15(20)10-13/h3-10,12,24H,11H2,1-2H3,(H,21,23,25). The van der Waals surface area contributed by atoms with Crippen molar-refractivity contribution >= 4 is 32.4 Å². The van der Waals surface area contributed by atoms with Gasteiger partial charge in [0.2, 0.25) is 15.2 Å². The fraction of sp³-hybridized carbons (Fsp3) is 0.211. The largest absolute Gasteiger partial charge is 0.296 e. The molecule has 29 heavy (non-hydrogen) atoms. The van der Waals surface area contributed by atoms with Gasteiger partial charge in [-0.15, -0.1) is 10.2 Å². The van der Waals surface area contributed by atoms with Crippen molar-refractivity contribution in [3.63, 3.8) is 0 Å². The van der Waals surface area contributed by atoms with Crippen molar-refractivity contribution < 1.29 is 17.6 Å². The van der Waals surface area contributed by atoms with Crippen LogP contribution in [-0.2, 0) is 16.4 Å². The van der Waals surface area contributed by atoms with Crippen LogP contribution in [0.5, 0.6) is 0 Å². The Hall–Kier alpha value is -2.69. The fourth-order valence-electron chi connectivity index (χ4n) is 2.53. The van der Waals surface area contributed by atoms with Crippen LogP contribution in [0.3, 0.4) is 0 Å². The maximum atomic E-state index is 13.3. The third-order valence-electron chi connectivity index (χ3n) is 3.75. The number of halogens is 1. The molecule has 0 spiro atoms. The van der Waals surface area contributed by atoms with Crippen molar-refractivity contribution in [3.8, 4) is 0 Å². The topological polar surface area (TPSA) is 101 Å². The van der Waals surface area contributed by atoms with Gasteiger partial charge in [-0.1, -0.05) is 23.5 Å². The predicted octanol–water partition coefficient (Wildman–Crippen LogP) is 3.21. The van der Waals surface area contributed by atoms with Gasteiger partial charge >= 0.3 is 0 Å². The van der Waals surface area contributed by atoms with Crippen LogP contribution in [0.2, 0.25) is 0 Å². The highest BCUT2D eigenvalue weighted by molar-refractivity contribution is 7.89. The number of carbonyl (C=O) groups is 1. The number of benzene rings is 2. The molecule has 0 aliphatic rings. The number of nitrogens with zero attached hydrogens (tertiary/aromatic N) is 2. The lowest BCUT2D eigenvalue weighted by atomic mass is 10.1. The minimum Gasteiger partial charge on any atom is -0.296 e. The normalized spacial score (nSPS) is 11.6. The molecule has 0 saturated heterocycles. The Labute approximate surface area is 172 Å². The van der Waals surface area contributed by atoms with Gasteiger partial charge in [0.05, 0.1) is 4.90 Å². The number of carbonyl (C=O) groups excluding carboxylic acids is 1. The van der Waals surface area contributed by atoms with E-state index in [9.17, 15) is 17.6 Å². The molecular weight excluding hydrogens is 415 g/mol. The lowest BCUT2D eigenvalue weighted by Crippen LogP contribution is -2.30. The molecule has 2 N–H and O–H groups in total. The summed E-state index contributed by atoms with van der Waals surface area (Å²) in [6, 6.07) is 11.6. The summed E-state index contributed by atoms with van der Waals surface area (Å²) in [5.41, 5.74) is 1.04. The van der Waals surface area contributed by atoms with Crippen molar-refractivity contribution in [1.29, 1.82) is 0 Å². The van der Waals surface area contributed by atoms with Crippen LogP contribution in [0, 0.1) is 5.82 Å². The summed E-state index contributed by atoms with van der Waals surface area (Å²) in [5, 5.41) is 11.5. The van der Waals surface area contributed by atoms with Crippen molar-refractivity contribution in [2.24, 2.45) is 0 Å². The molecule has 0 bridgehead atoms. The first-order chi connectivity index (χ1) is 13.7. The van der Waals surface area contributed by atoms with E-state index in [-0.39, 0.29) is 22.3 Å². The molecule has 1 amide bonds. The Bertz CT molecular complexity index is 1110. The van der Waals surface area contributed by atoms with E-state index in [1.165, 1.54) is 47.7 Å². The van der Waals surface area contributed by atoms with Gasteiger partial charge in [-0.05, 0) is 55.8 Å². The SMILES string of the molecule is CC(C)NS(=O)(=O)c1ccc(C(=O)Nc2nnc(Cc3cccc(F)c3)s2)cc1. The zero-order valence-corrected chi connectivity index (χ0v) is 17.3.